The lowest BCUT2D eigenvalue weighted by atomic mass is 9.99. The van der Waals surface area contributed by atoms with E-state index in [2.05, 4.69) is 5.10 Å². The molecule has 0 saturated carbocycles. The highest BCUT2D eigenvalue weighted by Gasteiger charge is 2.20. The second kappa shape index (κ2) is 5.80. The van der Waals surface area contributed by atoms with Crippen molar-refractivity contribution >= 4 is 0 Å². The minimum absolute atomic E-state index is 0.104. The van der Waals surface area contributed by atoms with Crippen LogP contribution >= 0.6 is 0 Å². The highest BCUT2D eigenvalue weighted by Crippen LogP contribution is 2.21. The second-order valence-electron chi connectivity index (χ2n) is 4.42. The summed E-state index contributed by atoms with van der Waals surface area (Å²) >= 11 is 0. The van der Waals surface area contributed by atoms with Gasteiger partial charge in [-0.25, -0.2) is 0 Å². The smallest absolute Gasteiger partial charge is 0.0975 e. The Morgan fingerprint density at radius 2 is 2.00 bits per heavy atom. The van der Waals surface area contributed by atoms with Gasteiger partial charge in [-0.3, -0.25) is 4.68 Å². The van der Waals surface area contributed by atoms with E-state index in [0.29, 0.717) is 6.42 Å². The molecule has 1 heterocycles. The first-order chi connectivity index (χ1) is 8.70. The van der Waals surface area contributed by atoms with Crippen molar-refractivity contribution in [3.63, 3.8) is 0 Å². The minimum atomic E-state index is -0.104. The van der Waals surface area contributed by atoms with Gasteiger partial charge in [0.25, 0.3) is 0 Å². The van der Waals surface area contributed by atoms with E-state index in [0.717, 1.165) is 11.3 Å². The van der Waals surface area contributed by atoms with Gasteiger partial charge in [0.15, 0.2) is 0 Å². The van der Waals surface area contributed by atoms with Crippen LogP contribution in [0.3, 0.4) is 0 Å². The van der Waals surface area contributed by atoms with Crippen molar-refractivity contribution < 1.29 is 4.74 Å². The van der Waals surface area contributed by atoms with Gasteiger partial charge in [-0.15, -0.1) is 0 Å². The highest BCUT2D eigenvalue weighted by molar-refractivity contribution is 5.20. The third kappa shape index (κ3) is 2.97. The highest BCUT2D eigenvalue weighted by atomic mass is 16.5. The van der Waals surface area contributed by atoms with Gasteiger partial charge in [0, 0.05) is 32.8 Å². The molecule has 1 aromatic carbocycles. The zero-order chi connectivity index (χ0) is 13.0. The fraction of sp³-hybridized carbons (Fsp3) is 0.357. The number of ether oxygens (including phenoxy) is 1. The van der Waals surface area contributed by atoms with Gasteiger partial charge in [-0.1, -0.05) is 30.3 Å². The fourth-order valence-electron chi connectivity index (χ4n) is 2.12. The third-order valence-electron chi connectivity index (χ3n) is 2.98. The Hall–Kier alpha value is -1.65. The largest absolute Gasteiger partial charge is 0.375 e. The maximum absolute atomic E-state index is 6.23. The topological polar surface area (TPSA) is 53.1 Å². The molecule has 4 heteroatoms. The number of nitrogens with two attached hydrogens (primary N) is 1. The monoisotopic (exact) mass is 245 g/mol. The van der Waals surface area contributed by atoms with Crippen molar-refractivity contribution in [2.75, 3.05) is 7.11 Å². The molecule has 0 radical (unpaired) electrons. The van der Waals surface area contributed by atoms with Crippen LogP contribution in [0.4, 0.5) is 0 Å². The van der Waals surface area contributed by atoms with Crippen LogP contribution in [0.2, 0.25) is 0 Å². The molecule has 2 unspecified atom stereocenters. The van der Waals surface area contributed by atoms with Crippen molar-refractivity contribution in [1.29, 1.82) is 0 Å². The summed E-state index contributed by atoms with van der Waals surface area (Å²) in [4.78, 5) is 0. The summed E-state index contributed by atoms with van der Waals surface area (Å²) in [5.74, 6) is 0. The van der Waals surface area contributed by atoms with E-state index in [1.165, 1.54) is 0 Å². The molecule has 0 spiro atoms. The Morgan fingerprint density at radius 3 is 2.56 bits per heavy atom. The van der Waals surface area contributed by atoms with Crippen molar-refractivity contribution in [3.05, 3.63) is 53.9 Å². The zero-order valence-electron chi connectivity index (χ0n) is 10.8. The quantitative estimate of drug-likeness (QED) is 0.872. The van der Waals surface area contributed by atoms with Crippen molar-refractivity contribution in [3.8, 4) is 0 Å². The van der Waals surface area contributed by atoms with E-state index < -0.39 is 0 Å². The van der Waals surface area contributed by atoms with Gasteiger partial charge in [0.2, 0.25) is 0 Å². The maximum atomic E-state index is 6.23. The molecular weight excluding hydrogens is 226 g/mol. The molecule has 0 saturated heterocycles. The Kier molecular flexibility index (Phi) is 4.12. The molecular formula is C14H19N3O. The molecule has 1 aromatic heterocycles. The first-order valence-corrected chi connectivity index (χ1v) is 6.02. The van der Waals surface area contributed by atoms with Crippen LogP contribution in [0.25, 0.3) is 0 Å². The van der Waals surface area contributed by atoms with E-state index in [9.17, 15) is 0 Å². The normalized spacial score (nSPS) is 14.4. The molecule has 0 bridgehead atoms. The van der Waals surface area contributed by atoms with Gasteiger partial charge in [0.1, 0.15) is 0 Å². The Labute approximate surface area is 107 Å². The van der Waals surface area contributed by atoms with Crippen molar-refractivity contribution in [2.24, 2.45) is 12.8 Å². The molecule has 0 aliphatic carbocycles. The lowest BCUT2D eigenvalue weighted by molar-refractivity contribution is 0.0799. The van der Waals surface area contributed by atoms with Gasteiger partial charge in [0.05, 0.1) is 11.8 Å². The Bertz CT molecular complexity index is 481. The number of nitrogens with zero attached hydrogens (tertiary/aromatic N) is 2. The summed E-state index contributed by atoms with van der Waals surface area (Å²) in [6.07, 6.45) is 2.52. The molecule has 2 rings (SSSR count). The number of hydrogen-bond donors (Lipinski definition) is 1. The van der Waals surface area contributed by atoms with Crippen LogP contribution in [0, 0.1) is 0 Å². The summed E-state index contributed by atoms with van der Waals surface area (Å²) in [6, 6.07) is 11.9. The lowest BCUT2D eigenvalue weighted by Crippen LogP contribution is -2.32. The van der Waals surface area contributed by atoms with E-state index in [-0.39, 0.29) is 12.1 Å². The van der Waals surface area contributed by atoms with Gasteiger partial charge in [-0.05, 0) is 11.6 Å². The average molecular weight is 245 g/mol. The Balaban J connectivity index is 2.08. The van der Waals surface area contributed by atoms with Crippen LogP contribution < -0.4 is 5.73 Å². The lowest BCUT2D eigenvalue weighted by Gasteiger charge is -2.22. The molecule has 0 amide bonds. The first kappa shape index (κ1) is 12.8. The molecule has 18 heavy (non-hydrogen) atoms. The third-order valence-corrected chi connectivity index (χ3v) is 2.98. The molecule has 0 fully saturated rings. The molecule has 2 N–H and O–H groups in total. The summed E-state index contributed by atoms with van der Waals surface area (Å²) < 4.78 is 7.30. The Morgan fingerprint density at radius 1 is 1.28 bits per heavy atom. The fourth-order valence-corrected chi connectivity index (χ4v) is 2.12. The van der Waals surface area contributed by atoms with Crippen LogP contribution in [0.1, 0.15) is 17.4 Å². The van der Waals surface area contributed by atoms with E-state index in [1.54, 1.807) is 11.8 Å². The minimum Gasteiger partial charge on any atom is -0.375 e. The standard InChI is InChI=1S/C14H19N3O/c1-17-9-8-12(16-17)10-13(15)14(18-2)11-6-4-3-5-7-11/h3-9,13-14H,10,15H2,1-2H3. The molecule has 0 aliphatic rings. The van der Waals surface area contributed by atoms with Crippen LogP contribution in [-0.4, -0.2) is 22.9 Å². The molecule has 4 nitrogen and oxygen atoms in total. The number of methoxy groups -OCH3 is 1. The van der Waals surface area contributed by atoms with E-state index in [1.807, 2.05) is 49.6 Å². The zero-order valence-corrected chi connectivity index (χ0v) is 10.8. The second-order valence-corrected chi connectivity index (χ2v) is 4.42. The van der Waals surface area contributed by atoms with Gasteiger partial charge in [-0.2, -0.15) is 5.10 Å². The SMILES string of the molecule is COC(c1ccccc1)C(N)Cc1ccn(C)n1. The summed E-state index contributed by atoms with van der Waals surface area (Å²) in [6.45, 7) is 0. The summed E-state index contributed by atoms with van der Waals surface area (Å²) in [7, 11) is 3.59. The number of rotatable bonds is 5. The van der Waals surface area contributed by atoms with Crippen LogP contribution in [-0.2, 0) is 18.2 Å². The molecule has 2 aromatic rings. The molecule has 0 aliphatic heterocycles. The van der Waals surface area contributed by atoms with E-state index >= 15 is 0 Å². The number of aryl methyl sites for hydroxylation is 1. The average Bonchev–Trinajstić information content (AvgIpc) is 2.77. The van der Waals surface area contributed by atoms with Gasteiger partial charge >= 0.3 is 0 Å². The number of aromatic nitrogens is 2. The maximum Gasteiger partial charge on any atom is 0.0975 e. The molecule has 2 atom stereocenters. The van der Waals surface area contributed by atoms with E-state index in [4.69, 9.17) is 10.5 Å². The summed E-state index contributed by atoms with van der Waals surface area (Å²) in [5, 5.41) is 4.34. The van der Waals surface area contributed by atoms with Crippen molar-refractivity contribution in [2.45, 2.75) is 18.6 Å². The molecule has 96 valence electrons. The predicted octanol–water partition coefficient (Wildman–Crippen LogP) is 1.68. The summed E-state index contributed by atoms with van der Waals surface area (Å²) in [5.41, 5.74) is 8.32. The van der Waals surface area contributed by atoms with Gasteiger partial charge < -0.3 is 10.5 Å². The van der Waals surface area contributed by atoms with Crippen LogP contribution in [0.15, 0.2) is 42.6 Å². The predicted molar refractivity (Wildman–Crippen MR) is 71.1 cm³/mol. The first-order valence-electron chi connectivity index (χ1n) is 6.02. The number of hydrogen-bond acceptors (Lipinski definition) is 3. The number of benzene rings is 1. The van der Waals surface area contributed by atoms with Crippen LogP contribution in [0.5, 0.6) is 0 Å². The van der Waals surface area contributed by atoms with Crippen molar-refractivity contribution in [1.82, 2.24) is 9.78 Å².